The van der Waals surface area contributed by atoms with Gasteiger partial charge in [-0.25, -0.2) is 9.59 Å². The average Bonchev–Trinajstić information content (AvgIpc) is 3.36. The van der Waals surface area contributed by atoms with Crippen LogP contribution in [0.5, 0.6) is 0 Å². The monoisotopic (exact) mass is 612 g/mol. The summed E-state index contributed by atoms with van der Waals surface area (Å²) in [6, 6.07) is 4.99. The van der Waals surface area contributed by atoms with E-state index in [1.165, 1.54) is 16.3 Å². The Morgan fingerprint density at radius 1 is 1.00 bits per heavy atom. The van der Waals surface area contributed by atoms with Crippen LogP contribution in [0.25, 0.3) is 0 Å². The van der Waals surface area contributed by atoms with Gasteiger partial charge in [0.1, 0.15) is 12.1 Å². The number of ether oxygens (including phenoxy) is 3. The summed E-state index contributed by atoms with van der Waals surface area (Å²) in [6.45, 7) is 5.33. The second-order valence-electron chi connectivity index (χ2n) is 10.9. The topological polar surface area (TPSA) is 129 Å². The molecule has 0 radical (unpaired) electrons. The molecule has 1 aliphatic carbocycles. The maximum absolute atomic E-state index is 13.0. The van der Waals surface area contributed by atoms with Gasteiger partial charge in [0.2, 0.25) is 0 Å². The number of amides is 1. The number of likely N-dealkylation sites (tertiary alicyclic amines) is 2. The van der Waals surface area contributed by atoms with Crippen molar-refractivity contribution in [1.82, 2.24) is 9.80 Å². The van der Waals surface area contributed by atoms with Gasteiger partial charge in [-0.1, -0.05) is 23.7 Å². The predicted octanol–water partition coefficient (Wildman–Crippen LogP) is 3.38. The number of carbonyl (C=O) groups is 3. The Morgan fingerprint density at radius 3 is 2.32 bits per heavy atom. The first kappa shape index (κ1) is 31.5. The minimum absolute atomic E-state index is 0.206. The van der Waals surface area contributed by atoms with Gasteiger partial charge in [-0.15, -0.1) is 0 Å². The summed E-state index contributed by atoms with van der Waals surface area (Å²) >= 11 is 3.76. The van der Waals surface area contributed by atoms with Gasteiger partial charge in [-0.3, -0.25) is 23.1 Å². The second kappa shape index (κ2) is 14.2. The van der Waals surface area contributed by atoms with Crippen molar-refractivity contribution >= 4 is 46.6 Å². The lowest BCUT2D eigenvalue weighted by molar-refractivity contribution is -0.153. The van der Waals surface area contributed by atoms with Crippen LogP contribution in [0.4, 0.5) is 10.5 Å². The number of fused-ring (bicyclic) bond motifs is 1. The van der Waals surface area contributed by atoms with Crippen LogP contribution in [0.15, 0.2) is 24.3 Å². The molecule has 41 heavy (non-hydrogen) atoms. The number of carbonyl (C=O) groups excluding carboxylic acids is 3. The Hall–Kier alpha value is -2.41. The van der Waals surface area contributed by atoms with E-state index in [-0.39, 0.29) is 43.4 Å². The maximum Gasteiger partial charge on any atom is 0.410 e. The number of nitrogens with zero attached hydrogens (tertiary/aromatic N) is 3. The largest absolute Gasteiger partial charge is 0.755 e. The third-order valence-corrected chi connectivity index (χ3v) is 9.70. The molecule has 0 aromatic heterocycles. The number of esters is 2. The summed E-state index contributed by atoms with van der Waals surface area (Å²) in [5.74, 6) is -0.119. The lowest BCUT2D eigenvalue weighted by atomic mass is 9.69. The van der Waals surface area contributed by atoms with Crippen molar-refractivity contribution in [2.45, 2.75) is 64.1 Å². The molecule has 7 unspecified atom stereocenters. The van der Waals surface area contributed by atoms with Crippen molar-refractivity contribution in [3.8, 4) is 0 Å². The molecule has 2 aliphatic heterocycles. The van der Waals surface area contributed by atoms with Crippen LogP contribution in [0, 0.1) is 17.8 Å². The maximum atomic E-state index is 13.0. The van der Waals surface area contributed by atoms with E-state index < -0.39 is 41.5 Å². The Labute approximate surface area is 248 Å². The summed E-state index contributed by atoms with van der Waals surface area (Å²) in [7, 11) is 1.31. The first-order valence-electron chi connectivity index (χ1n) is 14.2. The van der Waals surface area contributed by atoms with E-state index >= 15 is 0 Å². The van der Waals surface area contributed by atoms with Gasteiger partial charge < -0.3 is 18.8 Å². The fourth-order valence-corrected chi connectivity index (χ4v) is 7.78. The van der Waals surface area contributed by atoms with Gasteiger partial charge in [0.25, 0.3) is 0 Å². The number of rotatable bonds is 9. The summed E-state index contributed by atoms with van der Waals surface area (Å²) in [5, 5.41) is 0.315. The minimum Gasteiger partial charge on any atom is -0.755 e. The second-order valence-corrected chi connectivity index (χ2v) is 12.2. The molecule has 11 nitrogen and oxygen atoms in total. The van der Waals surface area contributed by atoms with Crippen molar-refractivity contribution in [3.05, 3.63) is 29.3 Å². The van der Waals surface area contributed by atoms with E-state index in [4.69, 9.17) is 25.8 Å². The fraction of sp³-hybridized carbons (Fsp3) is 0.679. The first-order chi connectivity index (χ1) is 19.7. The van der Waals surface area contributed by atoms with E-state index in [0.717, 1.165) is 19.3 Å². The SMILES string of the molecule is CCOC(=O)C1CC(N(c2ccccc2Cl)S(=O)[O-])CN1CC1CCC2CN(C(=O)OC)C(C(=O)OCC)CC2C1. The zero-order valence-electron chi connectivity index (χ0n) is 23.7. The lowest BCUT2D eigenvalue weighted by Crippen LogP contribution is -2.55. The van der Waals surface area contributed by atoms with Gasteiger partial charge in [0.15, 0.2) is 0 Å². The summed E-state index contributed by atoms with van der Waals surface area (Å²) in [6.07, 6.45) is 2.84. The molecule has 1 aromatic rings. The molecule has 228 valence electrons. The van der Waals surface area contributed by atoms with E-state index in [1.807, 2.05) is 4.90 Å². The highest BCUT2D eigenvalue weighted by Crippen LogP contribution is 2.43. The van der Waals surface area contributed by atoms with Crippen molar-refractivity contribution in [1.29, 1.82) is 0 Å². The Bertz CT molecular complexity index is 1130. The molecule has 13 heteroatoms. The number of hydrogen-bond acceptors (Lipinski definition) is 9. The number of para-hydroxylation sites is 1. The standard InChI is InChI=1S/C28H40ClN3O8S/c1-4-39-26(33)24-14-21(32(41(36)37)23-9-7-6-8-22(23)29)17-30(24)15-18-10-11-19-16-31(28(35)38-3)25(13-20(19)12-18)27(34)40-5-2/h6-9,18-21,24-25H,4-5,10-17H2,1-3H3,(H,36,37)/p-1. The molecule has 2 saturated heterocycles. The van der Waals surface area contributed by atoms with Gasteiger partial charge in [0, 0.05) is 30.9 Å². The van der Waals surface area contributed by atoms with Crippen molar-refractivity contribution < 1.29 is 37.4 Å². The molecule has 0 N–H and O–H groups in total. The van der Waals surface area contributed by atoms with Gasteiger partial charge in [0.05, 0.1) is 37.1 Å². The van der Waals surface area contributed by atoms with Crippen molar-refractivity contribution in [3.63, 3.8) is 0 Å². The quantitative estimate of drug-likeness (QED) is 0.234. The fourth-order valence-electron chi connectivity index (χ4n) is 6.79. The number of halogens is 1. The molecule has 0 spiro atoms. The number of piperidine rings is 1. The van der Waals surface area contributed by atoms with Crippen molar-refractivity contribution in [2.24, 2.45) is 17.8 Å². The normalized spacial score (nSPS) is 28.9. The molecule has 4 rings (SSSR count). The molecule has 3 fully saturated rings. The number of anilines is 1. The minimum atomic E-state index is -2.60. The zero-order valence-corrected chi connectivity index (χ0v) is 25.3. The predicted molar refractivity (Wildman–Crippen MR) is 152 cm³/mol. The van der Waals surface area contributed by atoms with Crippen LogP contribution >= 0.6 is 11.6 Å². The molecule has 3 aliphatic rings. The van der Waals surface area contributed by atoms with Crippen LogP contribution in [0.2, 0.25) is 5.02 Å². The number of methoxy groups -OCH3 is 1. The molecule has 2 heterocycles. The summed E-state index contributed by atoms with van der Waals surface area (Å²) in [5.41, 5.74) is 0.375. The number of hydrogen-bond donors (Lipinski definition) is 0. The summed E-state index contributed by atoms with van der Waals surface area (Å²) < 4.78 is 41.6. The van der Waals surface area contributed by atoms with Gasteiger partial charge in [-0.2, -0.15) is 0 Å². The molecular weight excluding hydrogens is 574 g/mol. The molecular formula is C28H39ClN3O8S-. The smallest absolute Gasteiger partial charge is 0.410 e. The van der Waals surface area contributed by atoms with E-state index in [0.29, 0.717) is 36.8 Å². The van der Waals surface area contributed by atoms with Crippen molar-refractivity contribution in [2.75, 3.05) is 44.3 Å². The van der Waals surface area contributed by atoms with E-state index in [1.54, 1.807) is 38.1 Å². The van der Waals surface area contributed by atoms with Crippen LogP contribution in [-0.2, 0) is 35.1 Å². The zero-order chi connectivity index (χ0) is 29.7. The molecule has 1 aromatic carbocycles. The van der Waals surface area contributed by atoms with Gasteiger partial charge in [-0.05, 0) is 75.8 Å². The van der Waals surface area contributed by atoms with E-state index in [9.17, 15) is 23.1 Å². The third kappa shape index (κ3) is 7.15. The van der Waals surface area contributed by atoms with Crippen LogP contribution in [0.1, 0.15) is 46.0 Å². The van der Waals surface area contributed by atoms with Gasteiger partial charge >= 0.3 is 18.0 Å². The third-order valence-electron chi connectivity index (χ3n) is 8.56. The average molecular weight is 613 g/mol. The van der Waals surface area contributed by atoms with Crippen LogP contribution in [-0.4, -0.2) is 94.7 Å². The molecule has 1 saturated carbocycles. The summed E-state index contributed by atoms with van der Waals surface area (Å²) in [4.78, 5) is 41.7. The Balaban J connectivity index is 1.49. The molecule has 1 amide bonds. The highest BCUT2D eigenvalue weighted by atomic mass is 35.5. The van der Waals surface area contributed by atoms with E-state index in [2.05, 4.69) is 0 Å². The highest BCUT2D eigenvalue weighted by molar-refractivity contribution is 7.80. The molecule has 0 bridgehead atoms. The van der Waals surface area contributed by atoms with Crippen LogP contribution < -0.4 is 4.31 Å². The first-order valence-corrected chi connectivity index (χ1v) is 15.6. The Morgan fingerprint density at radius 2 is 1.68 bits per heavy atom. The van der Waals surface area contributed by atoms with Crippen LogP contribution in [0.3, 0.4) is 0 Å². The lowest BCUT2D eigenvalue weighted by Gasteiger charge is -2.46. The Kier molecular flexibility index (Phi) is 10.9. The highest BCUT2D eigenvalue weighted by Gasteiger charge is 2.47. The number of benzene rings is 1. The molecule has 7 atom stereocenters.